The SMILES string of the molecule is CC(C)(CC(N)=O)NCC(=O)Nc1ccccc1OC(F)F. The summed E-state index contributed by atoms with van der Waals surface area (Å²) in [6, 6.07) is 5.87. The fourth-order valence-corrected chi connectivity index (χ4v) is 1.78. The number of anilines is 1. The van der Waals surface area contributed by atoms with Crippen LogP contribution < -0.4 is 21.1 Å². The molecule has 0 aliphatic rings. The summed E-state index contributed by atoms with van der Waals surface area (Å²) in [6.07, 6.45) is 0.0609. The van der Waals surface area contributed by atoms with Crippen LogP contribution >= 0.6 is 0 Å². The molecule has 8 heteroatoms. The first-order chi connectivity index (χ1) is 10.2. The molecule has 1 rings (SSSR count). The minimum Gasteiger partial charge on any atom is -0.433 e. The number of halogens is 2. The fraction of sp³-hybridized carbons (Fsp3) is 0.429. The molecule has 0 saturated heterocycles. The number of nitrogens with two attached hydrogens (primary N) is 1. The van der Waals surface area contributed by atoms with Gasteiger partial charge in [0.25, 0.3) is 0 Å². The van der Waals surface area contributed by atoms with Crippen LogP contribution in [0.1, 0.15) is 20.3 Å². The Labute approximate surface area is 127 Å². The van der Waals surface area contributed by atoms with E-state index in [1.54, 1.807) is 19.9 Å². The maximum absolute atomic E-state index is 12.3. The number of ether oxygens (including phenoxy) is 1. The first kappa shape index (κ1) is 17.8. The van der Waals surface area contributed by atoms with E-state index in [1.807, 2.05) is 0 Å². The Morgan fingerprint density at radius 3 is 2.55 bits per heavy atom. The number of hydrogen-bond donors (Lipinski definition) is 3. The lowest BCUT2D eigenvalue weighted by Gasteiger charge is -2.24. The van der Waals surface area contributed by atoms with Crippen LogP contribution in [0.2, 0.25) is 0 Å². The summed E-state index contributed by atoms with van der Waals surface area (Å²) in [5.74, 6) is -1.07. The van der Waals surface area contributed by atoms with Gasteiger partial charge in [-0.3, -0.25) is 9.59 Å². The van der Waals surface area contributed by atoms with Gasteiger partial charge in [-0.2, -0.15) is 8.78 Å². The van der Waals surface area contributed by atoms with E-state index in [9.17, 15) is 18.4 Å². The predicted molar refractivity (Wildman–Crippen MR) is 77.6 cm³/mol. The molecule has 0 heterocycles. The van der Waals surface area contributed by atoms with Crippen LogP contribution in [-0.2, 0) is 9.59 Å². The zero-order chi connectivity index (χ0) is 16.8. The average Bonchev–Trinajstić information content (AvgIpc) is 2.37. The number of hydrogen-bond acceptors (Lipinski definition) is 4. The third kappa shape index (κ3) is 6.49. The van der Waals surface area contributed by atoms with Crippen molar-refractivity contribution in [3.63, 3.8) is 0 Å². The Balaban J connectivity index is 2.60. The lowest BCUT2D eigenvalue weighted by atomic mass is 10.0. The molecule has 0 spiro atoms. The van der Waals surface area contributed by atoms with Crippen LogP contribution in [0.3, 0.4) is 0 Å². The fourth-order valence-electron chi connectivity index (χ4n) is 1.78. The Morgan fingerprint density at radius 2 is 1.95 bits per heavy atom. The monoisotopic (exact) mass is 315 g/mol. The van der Waals surface area contributed by atoms with Crippen LogP contribution in [0.15, 0.2) is 24.3 Å². The maximum atomic E-state index is 12.3. The molecule has 4 N–H and O–H groups in total. The number of primary amides is 1. The molecule has 1 aromatic rings. The second kappa shape index (κ2) is 7.69. The van der Waals surface area contributed by atoms with Crippen LogP contribution in [-0.4, -0.2) is 30.5 Å². The number of amides is 2. The second-order valence-electron chi connectivity index (χ2n) is 5.30. The molecule has 0 atom stereocenters. The van der Waals surface area contributed by atoms with Gasteiger partial charge in [0.05, 0.1) is 12.2 Å². The van der Waals surface area contributed by atoms with Crippen LogP contribution in [0.5, 0.6) is 5.75 Å². The Morgan fingerprint density at radius 1 is 1.32 bits per heavy atom. The van der Waals surface area contributed by atoms with E-state index in [1.165, 1.54) is 18.2 Å². The minimum atomic E-state index is -2.98. The number of nitrogens with one attached hydrogen (secondary N) is 2. The molecule has 22 heavy (non-hydrogen) atoms. The number of rotatable bonds is 8. The number of benzene rings is 1. The minimum absolute atomic E-state index is 0.0609. The third-order valence-corrected chi connectivity index (χ3v) is 2.72. The summed E-state index contributed by atoms with van der Waals surface area (Å²) >= 11 is 0. The number of para-hydroxylation sites is 2. The summed E-state index contributed by atoms with van der Waals surface area (Å²) in [4.78, 5) is 22.7. The van der Waals surface area contributed by atoms with Crippen molar-refractivity contribution in [2.24, 2.45) is 5.73 Å². The van der Waals surface area contributed by atoms with E-state index in [0.29, 0.717) is 0 Å². The highest BCUT2D eigenvalue weighted by atomic mass is 19.3. The van der Waals surface area contributed by atoms with Crippen molar-refractivity contribution < 1.29 is 23.1 Å². The van der Waals surface area contributed by atoms with Gasteiger partial charge in [0.15, 0.2) is 0 Å². The van der Waals surface area contributed by atoms with Gasteiger partial charge in [0.2, 0.25) is 11.8 Å². The highest BCUT2D eigenvalue weighted by molar-refractivity contribution is 5.93. The average molecular weight is 315 g/mol. The molecule has 0 bridgehead atoms. The highest BCUT2D eigenvalue weighted by Gasteiger charge is 2.21. The quantitative estimate of drug-likeness (QED) is 0.677. The molecule has 0 aliphatic heterocycles. The normalized spacial score (nSPS) is 11.3. The van der Waals surface area contributed by atoms with E-state index in [4.69, 9.17) is 5.73 Å². The van der Waals surface area contributed by atoms with Crippen molar-refractivity contribution >= 4 is 17.5 Å². The molecule has 0 radical (unpaired) electrons. The predicted octanol–water partition coefficient (Wildman–Crippen LogP) is 1.47. The van der Waals surface area contributed by atoms with Gasteiger partial charge in [0, 0.05) is 12.0 Å². The topological polar surface area (TPSA) is 93.5 Å². The van der Waals surface area contributed by atoms with E-state index in [0.717, 1.165) is 0 Å². The van der Waals surface area contributed by atoms with Crippen molar-refractivity contribution in [2.75, 3.05) is 11.9 Å². The lowest BCUT2D eigenvalue weighted by Crippen LogP contribution is -2.46. The summed E-state index contributed by atoms with van der Waals surface area (Å²) in [5, 5.41) is 5.33. The molecule has 0 unspecified atom stereocenters. The summed E-state index contributed by atoms with van der Waals surface area (Å²) in [7, 11) is 0. The highest BCUT2D eigenvalue weighted by Crippen LogP contribution is 2.25. The van der Waals surface area contributed by atoms with Gasteiger partial charge in [-0.05, 0) is 26.0 Å². The molecule has 0 aromatic heterocycles. The largest absolute Gasteiger partial charge is 0.433 e. The number of carbonyl (C=O) groups is 2. The Bertz CT molecular complexity index is 536. The molecule has 0 fully saturated rings. The van der Waals surface area contributed by atoms with Crippen molar-refractivity contribution in [3.8, 4) is 5.75 Å². The van der Waals surface area contributed by atoms with Crippen molar-refractivity contribution in [2.45, 2.75) is 32.4 Å². The molecule has 122 valence electrons. The molecular formula is C14H19F2N3O3. The molecule has 2 amide bonds. The van der Waals surface area contributed by atoms with Crippen molar-refractivity contribution in [3.05, 3.63) is 24.3 Å². The smallest absolute Gasteiger partial charge is 0.387 e. The van der Waals surface area contributed by atoms with Gasteiger partial charge >= 0.3 is 6.61 Å². The molecule has 1 aromatic carbocycles. The van der Waals surface area contributed by atoms with Gasteiger partial charge in [-0.25, -0.2) is 0 Å². The number of carbonyl (C=O) groups excluding carboxylic acids is 2. The zero-order valence-corrected chi connectivity index (χ0v) is 12.4. The van der Waals surface area contributed by atoms with Gasteiger partial charge in [0.1, 0.15) is 5.75 Å². The molecule has 6 nitrogen and oxygen atoms in total. The third-order valence-electron chi connectivity index (χ3n) is 2.72. The Kier molecular flexibility index (Phi) is 6.24. The van der Waals surface area contributed by atoms with Gasteiger partial charge in [-0.1, -0.05) is 12.1 Å². The lowest BCUT2D eigenvalue weighted by molar-refractivity contribution is -0.120. The van der Waals surface area contributed by atoms with E-state index >= 15 is 0 Å². The maximum Gasteiger partial charge on any atom is 0.387 e. The summed E-state index contributed by atoms with van der Waals surface area (Å²) in [6.45, 7) is 0.354. The summed E-state index contributed by atoms with van der Waals surface area (Å²) < 4.78 is 28.9. The zero-order valence-electron chi connectivity index (χ0n) is 12.4. The summed E-state index contributed by atoms with van der Waals surface area (Å²) in [5.41, 5.74) is 4.60. The van der Waals surface area contributed by atoms with E-state index in [-0.39, 0.29) is 24.4 Å². The van der Waals surface area contributed by atoms with Crippen LogP contribution in [0.4, 0.5) is 14.5 Å². The van der Waals surface area contributed by atoms with Crippen molar-refractivity contribution in [1.29, 1.82) is 0 Å². The van der Waals surface area contributed by atoms with E-state index < -0.39 is 24.0 Å². The number of alkyl halides is 2. The standard InChI is InChI=1S/C14H19F2N3O3/c1-14(2,7-11(17)20)18-8-12(21)19-9-5-3-4-6-10(9)22-13(15)16/h3-6,13,18H,7-8H2,1-2H3,(H2,17,20)(H,19,21). The van der Waals surface area contributed by atoms with Crippen molar-refractivity contribution in [1.82, 2.24) is 5.32 Å². The van der Waals surface area contributed by atoms with Crippen LogP contribution in [0, 0.1) is 0 Å². The molecule has 0 aliphatic carbocycles. The van der Waals surface area contributed by atoms with E-state index in [2.05, 4.69) is 15.4 Å². The molecule has 0 saturated carbocycles. The second-order valence-corrected chi connectivity index (χ2v) is 5.30. The Hall–Kier alpha value is -2.22. The first-order valence-corrected chi connectivity index (χ1v) is 6.56. The first-order valence-electron chi connectivity index (χ1n) is 6.56. The van der Waals surface area contributed by atoms with Gasteiger partial charge in [-0.15, -0.1) is 0 Å². The molecular weight excluding hydrogens is 296 g/mol. The van der Waals surface area contributed by atoms with Crippen LogP contribution in [0.25, 0.3) is 0 Å². The van der Waals surface area contributed by atoms with Gasteiger partial charge < -0.3 is 21.1 Å².